The van der Waals surface area contributed by atoms with Crippen LogP contribution >= 0.6 is 12.4 Å². The summed E-state index contributed by atoms with van der Waals surface area (Å²) in [4.78, 5) is 25.3. The minimum atomic E-state index is -0.103. The van der Waals surface area contributed by atoms with E-state index in [4.69, 9.17) is 5.73 Å². The average molecular weight is 294 g/mol. The number of halogens is 1. The summed E-state index contributed by atoms with van der Waals surface area (Å²) in [5, 5.41) is 2.75. The van der Waals surface area contributed by atoms with Crippen molar-refractivity contribution >= 4 is 24.2 Å². The van der Waals surface area contributed by atoms with Gasteiger partial charge in [-0.2, -0.15) is 0 Å². The van der Waals surface area contributed by atoms with Crippen LogP contribution in [0.5, 0.6) is 0 Å². The molecule has 0 aromatic heterocycles. The SMILES string of the molecule is CCCN(CCC)C(=O)CCC(=O)N[C@@H](C)CN.Cl. The fraction of sp³-hybridized carbons (Fsp3) is 0.846. The molecule has 0 aliphatic rings. The second kappa shape index (κ2) is 12.2. The number of nitrogens with two attached hydrogens (primary N) is 1. The minimum Gasteiger partial charge on any atom is -0.352 e. The Morgan fingerprint density at radius 1 is 1.16 bits per heavy atom. The van der Waals surface area contributed by atoms with E-state index in [1.807, 2.05) is 25.7 Å². The van der Waals surface area contributed by atoms with E-state index >= 15 is 0 Å². The van der Waals surface area contributed by atoms with Crippen molar-refractivity contribution in [2.45, 2.75) is 52.5 Å². The second-order valence-corrected chi connectivity index (χ2v) is 4.59. The van der Waals surface area contributed by atoms with Gasteiger partial charge in [0, 0.05) is 38.5 Å². The molecule has 0 aliphatic heterocycles. The molecule has 0 spiro atoms. The summed E-state index contributed by atoms with van der Waals surface area (Å²) in [6.45, 7) is 7.90. The maximum atomic E-state index is 11.9. The fourth-order valence-electron chi connectivity index (χ4n) is 1.69. The maximum Gasteiger partial charge on any atom is 0.223 e. The molecule has 0 unspecified atom stereocenters. The van der Waals surface area contributed by atoms with E-state index in [1.165, 1.54) is 0 Å². The molecule has 0 saturated carbocycles. The fourth-order valence-corrected chi connectivity index (χ4v) is 1.69. The Hall–Kier alpha value is -0.810. The summed E-state index contributed by atoms with van der Waals surface area (Å²) in [7, 11) is 0. The topological polar surface area (TPSA) is 75.4 Å². The van der Waals surface area contributed by atoms with E-state index in [9.17, 15) is 9.59 Å². The Morgan fingerprint density at radius 2 is 1.68 bits per heavy atom. The van der Waals surface area contributed by atoms with Crippen molar-refractivity contribution in [3.63, 3.8) is 0 Å². The third-order valence-corrected chi connectivity index (χ3v) is 2.67. The molecule has 0 aromatic carbocycles. The van der Waals surface area contributed by atoms with Gasteiger partial charge in [0.05, 0.1) is 0 Å². The quantitative estimate of drug-likeness (QED) is 0.673. The number of nitrogens with zero attached hydrogens (tertiary/aromatic N) is 1. The largest absolute Gasteiger partial charge is 0.352 e. The highest BCUT2D eigenvalue weighted by molar-refractivity contribution is 5.85. The summed E-state index contributed by atoms with van der Waals surface area (Å²) < 4.78 is 0. The van der Waals surface area contributed by atoms with Gasteiger partial charge in [0.2, 0.25) is 11.8 Å². The molecule has 3 N–H and O–H groups in total. The highest BCUT2D eigenvalue weighted by atomic mass is 35.5. The van der Waals surface area contributed by atoms with Gasteiger partial charge >= 0.3 is 0 Å². The molecule has 114 valence electrons. The number of carbonyl (C=O) groups is 2. The van der Waals surface area contributed by atoms with Crippen LogP contribution in [0.2, 0.25) is 0 Å². The molecule has 0 radical (unpaired) electrons. The van der Waals surface area contributed by atoms with Gasteiger partial charge in [0.1, 0.15) is 0 Å². The predicted octanol–water partition coefficient (Wildman–Crippen LogP) is 1.30. The van der Waals surface area contributed by atoms with Crippen LogP contribution in [-0.4, -0.2) is 42.4 Å². The molecule has 0 rings (SSSR count). The number of hydrogen-bond donors (Lipinski definition) is 2. The van der Waals surface area contributed by atoms with Crippen molar-refractivity contribution in [2.24, 2.45) is 5.73 Å². The van der Waals surface area contributed by atoms with Gasteiger partial charge in [-0.05, 0) is 19.8 Å². The molecule has 1 atom stereocenters. The third kappa shape index (κ3) is 9.73. The Kier molecular flexibility index (Phi) is 13.2. The monoisotopic (exact) mass is 293 g/mol. The molecular formula is C13H28ClN3O2. The Balaban J connectivity index is 0. The van der Waals surface area contributed by atoms with Crippen LogP contribution in [-0.2, 0) is 9.59 Å². The minimum absolute atomic E-state index is 0. The number of carbonyl (C=O) groups excluding carboxylic acids is 2. The van der Waals surface area contributed by atoms with Gasteiger partial charge in [-0.3, -0.25) is 9.59 Å². The lowest BCUT2D eigenvalue weighted by Crippen LogP contribution is -2.39. The summed E-state index contributed by atoms with van der Waals surface area (Å²) in [5.74, 6) is -0.0384. The van der Waals surface area contributed by atoms with Gasteiger partial charge in [0.25, 0.3) is 0 Å². The Bertz CT molecular complexity index is 256. The van der Waals surface area contributed by atoms with Crippen LogP contribution in [0.4, 0.5) is 0 Å². The molecule has 0 saturated heterocycles. The van der Waals surface area contributed by atoms with Crippen molar-refractivity contribution in [1.29, 1.82) is 0 Å². The molecule has 19 heavy (non-hydrogen) atoms. The summed E-state index contributed by atoms with van der Waals surface area (Å²) in [6.07, 6.45) is 2.42. The predicted molar refractivity (Wildman–Crippen MR) is 80.3 cm³/mol. The third-order valence-electron chi connectivity index (χ3n) is 2.67. The number of nitrogens with one attached hydrogen (secondary N) is 1. The Labute approximate surface area is 122 Å². The van der Waals surface area contributed by atoms with Gasteiger partial charge in [-0.15, -0.1) is 12.4 Å². The normalized spacial score (nSPS) is 11.4. The Morgan fingerprint density at radius 3 is 2.11 bits per heavy atom. The van der Waals surface area contributed by atoms with Crippen molar-refractivity contribution in [3.05, 3.63) is 0 Å². The molecule has 2 amide bonds. The average Bonchev–Trinajstić information content (AvgIpc) is 2.35. The van der Waals surface area contributed by atoms with E-state index < -0.39 is 0 Å². The number of rotatable bonds is 9. The molecule has 0 aromatic rings. The highest BCUT2D eigenvalue weighted by Crippen LogP contribution is 2.01. The van der Waals surface area contributed by atoms with Crippen LogP contribution in [0.25, 0.3) is 0 Å². The zero-order chi connectivity index (χ0) is 14.0. The van der Waals surface area contributed by atoms with Gasteiger partial charge in [-0.25, -0.2) is 0 Å². The summed E-state index contributed by atoms with van der Waals surface area (Å²) in [5.41, 5.74) is 5.41. The van der Waals surface area contributed by atoms with Gasteiger partial charge in [-0.1, -0.05) is 13.8 Å². The van der Waals surface area contributed by atoms with Crippen LogP contribution in [0.15, 0.2) is 0 Å². The molecule has 0 aliphatic carbocycles. The van der Waals surface area contributed by atoms with E-state index in [1.54, 1.807) is 0 Å². The molecule has 6 heteroatoms. The first kappa shape index (κ1) is 20.5. The standard InChI is InChI=1S/C13H27N3O2.ClH/c1-4-8-16(9-5-2)13(18)7-6-12(17)15-11(3)10-14;/h11H,4-10,14H2,1-3H3,(H,15,17);1H/t11-;/m0./s1. The maximum absolute atomic E-state index is 11.9. The van der Waals surface area contributed by atoms with E-state index in [2.05, 4.69) is 5.32 Å². The highest BCUT2D eigenvalue weighted by Gasteiger charge is 2.14. The smallest absolute Gasteiger partial charge is 0.223 e. The molecule has 5 nitrogen and oxygen atoms in total. The lowest BCUT2D eigenvalue weighted by atomic mass is 10.2. The van der Waals surface area contributed by atoms with E-state index in [0.29, 0.717) is 6.54 Å². The van der Waals surface area contributed by atoms with Crippen molar-refractivity contribution in [2.75, 3.05) is 19.6 Å². The first-order valence-electron chi connectivity index (χ1n) is 6.82. The molecular weight excluding hydrogens is 266 g/mol. The molecule has 0 bridgehead atoms. The van der Waals surface area contributed by atoms with Gasteiger partial charge in [0.15, 0.2) is 0 Å². The second-order valence-electron chi connectivity index (χ2n) is 4.59. The van der Waals surface area contributed by atoms with Gasteiger partial charge < -0.3 is 16.0 Å². The van der Waals surface area contributed by atoms with Crippen molar-refractivity contribution in [1.82, 2.24) is 10.2 Å². The summed E-state index contributed by atoms with van der Waals surface area (Å²) >= 11 is 0. The summed E-state index contributed by atoms with van der Waals surface area (Å²) in [6, 6.07) is -0.0324. The molecule has 0 fully saturated rings. The van der Waals surface area contributed by atoms with Crippen LogP contribution in [0.3, 0.4) is 0 Å². The van der Waals surface area contributed by atoms with E-state index in [0.717, 1.165) is 25.9 Å². The van der Waals surface area contributed by atoms with Crippen LogP contribution in [0, 0.1) is 0 Å². The zero-order valence-electron chi connectivity index (χ0n) is 12.3. The zero-order valence-corrected chi connectivity index (χ0v) is 13.1. The lowest BCUT2D eigenvalue weighted by molar-refractivity contribution is -0.133. The van der Waals surface area contributed by atoms with Crippen molar-refractivity contribution in [3.8, 4) is 0 Å². The lowest BCUT2D eigenvalue weighted by Gasteiger charge is -2.21. The first-order chi connectivity index (χ1) is 8.54. The van der Waals surface area contributed by atoms with Crippen molar-refractivity contribution < 1.29 is 9.59 Å². The number of amides is 2. The van der Waals surface area contributed by atoms with Crippen LogP contribution < -0.4 is 11.1 Å². The molecule has 0 heterocycles. The number of hydrogen-bond acceptors (Lipinski definition) is 3. The van der Waals surface area contributed by atoms with Crippen LogP contribution in [0.1, 0.15) is 46.5 Å². The van der Waals surface area contributed by atoms with E-state index in [-0.39, 0.29) is 43.1 Å². The first-order valence-corrected chi connectivity index (χ1v) is 6.82.